The van der Waals surface area contributed by atoms with Crippen molar-refractivity contribution in [3.63, 3.8) is 0 Å². The van der Waals surface area contributed by atoms with E-state index in [0.717, 1.165) is 17.9 Å². The fourth-order valence-corrected chi connectivity index (χ4v) is 4.90. The minimum atomic E-state index is 0.309. The van der Waals surface area contributed by atoms with E-state index in [2.05, 4.69) is 24.1 Å². The van der Waals surface area contributed by atoms with Gasteiger partial charge in [0.25, 0.3) is 0 Å². The SMILES string of the molecule is CC1(C)CN(CC2CCCC2)C(C2CCCCC2)CN1. The lowest BCUT2D eigenvalue weighted by molar-refractivity contribution is 0.0366. The summed E-state index contributed by atoms with van der Waals surface area (Å²) in [6, 6.07) is 0.823. The first kappa shape index (κ1) is 14.8. The Bertz CT molecular complexity index is 301. The van der Waals surface area contributed by atoms with Gasteiger partial charge in [-0.25, -0.2) is 0 Å². The van der Waals surface area contributed by atoms with Gasteiger partial charge in [-0.2, -0.15) is 0 Å². The van der Waals surface area contributed by atoms with E-state index in [1.165, 1.54) is 77.4 Å². The maximum absolute atomic E-state index is 3.82. The predicted molar refractivity (Wildman–Crippen MR) is 86.0 cm³/mol. The van der Waals surface area contributed by atoms with Crippen LogP contribution in [-0.4, -0.2) is 36.1 Å². The lowest BCUT2D eigenvalue weighted by Gasteiger charge is -2.49. The van der Waals surface area contributed by atoms with Crippen LogP contribution in [-0.2, 0) is 0 Å². The van der Waals surface area contributed by atoms with Gasteiger partial charge >= 0.3 is 0 Å². The van der Waals surface area contributed by atoms with Crippen molar-refractivity contribution in [1.82, 2.24) is 10.2 Å². The third-order valence-corrected chi connectivity index (χ3v) is 6.02. The number of hydrogen-bond donors (Lipinski definition) is 1. The molecule has 1 atom stereocenters. The van der Waals surface area contributed by atoms with Crippen molar-refractivity contribution in [3.8, 4) is 0 Å². The first-order valence-electron chi connectivity index (χ1n) is 9.13. The van der Waals surface area contributed by atoms with Crippen LogP contribution >= 0.6 is 0 Å². The van der Waals surface area contributed by atoms with Gasteiger partial charge in [0, 0.05) is 31.2 Å². The van der Waals surface area contributed by atoms with Gasteiger partial charge in [0.15, 0.2) is 0 Å². The summed E-state index contributed by atoms with van der Waals surface area (Å²) in [5, 5.41) is 3.82. The molecule has 3 aliphatic rings. The Morgan fingerprint density at radius 2 is 1.60 bits per heavy atom. The monoisotopic (exact) mass is 278 g/mol. The second-order valence-corrected chi connectivity index (χ2v) is 8.31. The molecule has 1 heterocycles. The molecule has 1 N–H and O–H groups in total. The molecule has 0 aromatic rings. The molecule has 2 saturated carbocycles. The van der Waals surface area contributed by atoms with Crippen molar-refractivity contribution in [2.45, 2.75) is 83.2 Å². The maximum Gasteiger partial charge on any atom is 0.0252 e. The fourth-order valence-electron chi connectivity index (χ4n) is 4.90. The first-order valence-corrected chi connectivity index (χ1v) is 9.13. The topological polar surface area (TPSA) is 15.3 Å². The summed E-state index contributed by atoms with van der Waals surface area (Å²) in [4.78, 5) is 2.89. The van der Waals surface area contributed by atoms with E-state index in [9.17, 15) is 0 Å². The van der Waals surface area contributed by atoms with Gasteiger partial charge < -0.3 is 5.32 Å². The molecule has 0 aromatic carbocycles. The molecule has 1 saturated heterocycles. The minimum Gasteiger partial charge on any atom is -0.309 e. The first-order chi connectivity index (χ1) is 9.64. The lowest BCUT2D eigenvalue weighted by atomic mass is 9.80. The van der Waals surface area contributed by atoms with E-state index in [-0.39, 0.29) is 0 Å². The highest BCUT2D eigenvalue weighted by Crippen LogP contribution is 2.34. The summed E-state index contributed by atoms with van der Waals surface area (Å²) in [5.41, 5.74) is 0.309. The highest BCUT2D eigenvalue weighted by molar-refractivity contribution is 4.96. The highest BCUT2D eigenvalue weighted by atomic mass is 15.3. The standard InChI is InChI=1S/C18H34N2/c1-18(2)14-20(13-15-8-6-7-9-15)17(12-19-18)16-10-4-3-5-11-16/h15-17,19H,3-14H2,1-2H3. The fraction of sp³-hybridized carbons (Fsp3) is 1.00. The summed E-state index contributed by atoms with van der Waals surface area (Å²) in [5.74, 6) is 1.96. The Balaban J connectivity index is 1.65. The lowest BCUT2D eigenvalue weighted by Crippen LogP contribution is -2.64. The molecular formula is C18H34N2. The van der Waals surface area contributed by atoms with Crippen molar-refractivity contribution in [3.05, 3.63) is 0 Å². The van der Waals surface area contributed by atoms with Gasteiger partial charge in [-0.15, -0.1) is 0 Å². The summed E-state index contributed by atoms with van der Waals surface area (Å²) in [7, 11) is 0. The highest BCUT2D eigenvalue weighted by Gasteiger charge is 2.37. The van der Waals surface area contributed by atoms with Crippen molar-refractivity contribution in [2.75, 3.05) is 19.6 Å². The normalized spacial score (nSPS) is 33.6. The summed E-state index contributed by atoms with van der Waals surface area (Å²) >= 11 is 0. The molecule has 2 heteroatoms. The van der Waals surface area contributed by atoms with Crippen molar-refractivity contribution < 1.29 is 0 Å². The van der Waals surface area contributed by atoms with Gasteiger partial charge in [-0.05, 0) is 51.4 Å². The molecule has 0 aromatic heterocycles. The van der Waals surface area contributed by atoms with Gasteiger partial charge in [-0.1, -0.05) is 32.1 Å². The van der Waals surface area contributed by atoms with Crippen molar-refractivity contribution in [2.24, 2.45) is 11.8 Å². The average Bonchev–Trinajstić information content (AvgIpc) is 2.92. The van der Waals surface area contributed by atoms with E-state index in [0.29, 0.717) is 5.54 Å². The third kappa shape index (κ3) is 3.57. The van der Waals surface area contributed by atoms with Gasteiger partial charge in [0.1, 0.15) is 0 Å². The van der Waals surface area contributed by atoms with E-state index in [1.807, 2.05) is 0 Å². The molecule has 3 rings (SSSR count). The summed E-state index contributed by atoms with van der Waals surface area (Å²) in [6.07, 6.45) is 13.3. The van der Waals surface area contributed by atoms with Crippen LogP contribution in [0, 0.1) is 11.8 Å². The Hall–Kier alpha value is -0.0800. The van der Waals surface area contributed by atoms with Gasteiger partial charge in [-0.3, -0.25) is 4.90 Å². The predicted octanol–water partition coefficient (Wildman–Crippen LogP) is 3.81. The van der Waals surface area contributed by atoms with Crippen LogP contribution in [0.2, 0.25) is 0 Å². The molecule has 2 aliphatic carbocycles. The van der Waals surface area contributed by atoms with Crippen molar-refractivity contribution in [1.29, 1.82) is 0 Å². The minimum absolute atomic E-state index is 0.309. The van der Waals surface area contributed by atoms with Gasteiger partial charge in [0.2, 0.25) is 0 Å². The summed E-state index contributed by atoms with van der Waals surface area (Å²) < 4.78 is 0. The van der Waals surface area contributed by atoms with E-state index >= 15 is 0 Å². The zero-order valence-corrected chi connectivity index (χ0v) is 13.7. The van der Waals surface area contributed by atoms with Crippen LogP contribution in [0.4, 0.5) is 0 Å². The van der Waals surface area contributed by atoms with Crippen molar-refractivity contribution >= 4 is 0 Å². The van der Waals surface area contributed by atoms with Crippen LogP contribution in [0.1, 0.15) is 71.6 Å². The number of piperazine rings is 1. The van der Waals surface area contributed by atoms with Crippen LogP contribution in [0.25, 0.3) is 0 Å². The zero-order valence-electron chi connectivity index (χ0n) is 13.7. The zero-order chi connectivity index (χ0) is 14.0. The maximum atomic E-state index is 3.82. The molecule has 1 aliphatic heterocycles. The molecule has 0 spiro atoms. The Kier molecular flexibility index (Phi) is 4.72. The van der Waals surface area contributed by atoms with E-state index in [4.69, 9.17) is 0 Å². The van der Waals surface area contributed by atoms with Crippen LogP contribution in [0.15, 0.2) is 0 Å². The number of hydrogen-bond acceptors (Lipinski definition) is 2. The molecule has 1 unspecified atom stereocenters. The number of nitrogens with zero attached hydrogens (tertiary/aromatic N) is 1. The smallest absolute Gasteiger partial charge is 0.0252 e. The Morgan fingerprint density at radius 3 is 2.30 bits per heavy atom. The second-order valence-electron chi connectivity index (χ2n) is 8.31. The summed E-state index contributed by atoms with van der Waals surface area (Å²) in [6.45, 7) is 8.62. The quantitative estimate of drug-likeness (QED) is 0.844. The van der Waals surface area contributed by atoms with E-state index in [1.54, 1.807) is 0 Å². The average molecular weight is 278 g/mol. The Labute approximate surface area is 125 Å². The Morgan fingerprint density at radius 1 is 0.950 bits per heavy atom. The number of rotatable bonds is 3. The molecule has 0 amide bonds. The van der Waals surface area contributed by atoms with Crippen LogP contribution < -0.4 is 5.32 Å². The molecule has 0 bridgehead atoms. The second kappa shape index (κ2) is 6.36. The molecule has 0 radical (unpaired) electrons. The molecule has 20 heavy (non-hydrogen) atoms. The van der Waals surface area contributed by atoms with Gasteiger partial charge in [0.05, 0.1) is 0 Å². The molecule has 2 nitrogen and oxygen atoms in total. The molecule has 3 fully saturated rings. The molecular weight excluding hydrogens is 244 g/mol. The van der Waals surface area contributed by atoms with E-state index < -0.39 is 0 Å². The molecule has 116 valence electrons. The van der Waals surface area contributed by atoms with Crippen LogP contribution in [0.3, 0.4) is 0 Å². The van der Waals surface area contributed by atoms with Crippen LogP contribution in [0.5, 0.6) is 0 Å². The third-order valence-electron chi connectivity index (χ3n) is 6.02. The number of nitrogens with one attached hydrogen (secondary N) is 1. The largest absolute Gasteiger partial charge is 0.309 e.